The highest BCUT2D eigenvalue weighted by Gasteiger charge is 2.37. The first kappa shape index (κ1) is 17.0. The molecule has 10 heteroatoms. The van der Waals surface area contributed by atoms with Crippen molar-refractivity contribution in [2.45, 2.75) is 12.1 Å². The fraction of sp³-hybridized carbons (Fsp3) is 0.267. The molecule has 1 aliphatic rings. The molecule has 2 heterocycles. The zero-order chi connectivity index (χ0) is 18.0. The van der Waals surface area contributed by atoms with E-state index in [1.54, 1.807) is 0 Å². The molecule has 1 amide bonds. The quantitative estimate of drug-likeness (QED) is 0.653. The second-order valence-corrected chi connectivity index (χ2v) is 5.34. The maximum absolute atomic E-state index is 12.9. The summed E-state index contributed by atoms with van der Waals surface area (Å²) in [5, 5.41) is 22.3. The average Bonchev–Trinajstić information content (AvgIpc) is 3.18. The number of hydrazone groups is 1. The van der Waals surface area contributed by atoms with Gasteiger partial charge in [0.05, 0.1) is 24.1 Å². The van der Waals surface area contributed by atoms with E-state index in [4.69, 9.17) is 5.11 Å². The van der Waals surface area contributed by atoms with Gasteiger partial charge in [-0.3, -0.25) is 9.89 Å². The number of hydrogen-bond acceptors (Lipinski definition) is 5. The van der Waals surface area contributed by atoms with Crippen molar-refractivity contribution in [3.05, 3.63) is 47.3 Å². The maximum Gasteiger partial charge on any atom is 0.416 e. The minimum Gasteiger partial charge on any atom is -0.395 e. The van der Waals surface area contributed by atoms with Crippen LogP contribution < -0.4 is 10.7 Å². The number of hydrogen-bond donors (Lipinski definition) is 4. The Morgan fingerprint density at radius 2 is 2.12 bits per heavy atom. The number of aliphatic hydroxyl groups excluding tert-OH is 1. The van der Waals surface area contributed by atoms with Gasteiger partial charge in [-0.2, -0.15) is 23.4 Å². The fourth-order valence-corrected chi connectivity index (χ4v) is 2.58. The molecule has 0 fully saturated rings. The van der Waals surface area contributed by atoms with Gasteiger partial charge in [0, 0.05) is 6.54 Å². The molecule has 0 spiro atoms. The van der Waals surface area contributed by atoms with Crippen LogP contribution >= 0.6 is 0 Å². The summed E-state index contributed by atoms with van der Waals surface area (Å²) in [7, 11) is 0. The van der Waals surface area contributed by atoms with Crippen LogP contribution in [0.1, 0.15) is 22.7 Å². The zero-order valence-corrected chi connectivity index (χ0v) is 12.8. The standard InChI is InChI=1S/C15H14F3N5O2/c16-15(17,18)9-3-1-2-8(6-9)11-13(22-23-14(11)25)12-10(7-20-21-12)19-4-5-24/h1-3,6-7,11,19,24H,4-5H2,(H,20,21)(H,23,25). The van der Waals surface area contributed by atoms with E-state index in [0.717, 1.165) is 12.1 Å². The Kier molecular flexibility index (Phi) is 4.45. The van der Waals surface area contributed by atoms with Crippen LogP contribution in [0.4, 0.5) is 18.9 Å². The molecule has 0 saturated carbocycles. The molecule has 1 aromatic heterocycles. The Hall–Kier alpha value is -2.88. The first-order valence-electron chi connectivity index (χ1n) is 7.35. The second kappa shape index (κ2) is 6.55. The first-order chi connectivity index (χ1) is 11.9. The third-order valence-electron chi connectivity index (χ3n) is 3.69. The number of carbonyl (C=O) groups is 1. The minimum atomic E-state index is -4.51. The normalized spacial score (nSPS) is 17.4. The Labute approximate surface area is 139 Å². The predicted octanol–water partition coefficient (Wildman–Crippen LogP) is 1.45. The van der Waals surface area contributed by atoms with Crippen LogP contribution in [0.15, 0.2) is 35.6 Å². The van der Waals surface area contributed by atoms with Crippen molar-refractivity contribution in [2.75, 3.05) is 18.5 Å². The highest BCUT2D eigenvalue weighted by molar-refractivity contribution is 6.21. The summed E-state index contributed by atoms with van der Waals surface area (Å²) in [6, 6.07) is 4.57. The van der Waals surface area contributed by atoms with Crippen molar-refractivity contribution in [3.63, 3.8) is 0 Å². The summed E-state index contributed by atoms with van der Waals surface area (Å²) in [6.07, 6.45) is -3.07. The van der Waals surface area contributed by atoms with E-state index in [1.807, 2.05) is 0 Å². The van der Waals surface area contributed by atoms with Gasteiger partial charge in [0.2, 0.25) is 0 Å². The van der Waals surface area contributed by atoms with E-state index in [9.17, 15) is 18.0 Å². The molecule has 0 bridgehead atoms. The van der Waals surface area contributed by atoms with Crippen LogP contribution in [0.5, 0.6) is 0 Å². The molecule has 1 aromatic carbocycles. The van der Waals surface area contributed by atoms with Crippen molar-refractivity contribution >= 4 is 17.3 Å². The predicted molar refractivity (Wildman–Crippen MR) is 83.0 cm³/mol. The molecule has 4 N–H and O–H groups in total. The molecular weight excluding hydrogens is 339 g/mol. The number of nitrogens with zero attached hydrogens (tertiary/aromatic N) is 2. The van der Waals surface area contributed by atoms with E-state index in [2.05, 4.69) is 26.0 Å². The van der Waals surface area contributed by atoms with Gasteiger partial charge in [-0.1, -0.05) is 18.2 Å². The van der Waals surface area contributed by atoms with Gasteiger partial charge in [-0.25, -0.2) is 5.43 Å². The van der Waals surface area contributed by atoms with Gasteiger partial charge in [0.1, 0.15) is 17.3 Å². The number of amides is 1. The smallest absolute Gasteiger partial charge is 0.395 e. The number of rotatable bonds is 5. The first-order valence-corrected chi connectivity index (χ1v) is 7.35. The summed E-state index contributed by atoms with van der Waals surface area (Å²) in [5.74, 6) is -1.53. The highest BCUT2D eigenvalue weighted by Crippen LogP contribution is 2.33. The van der Waals surface area contributed by atoms with Gasteiger partial charge >= 0.3 is 6.18 Å². The summed E-state index contributed by atoms with van der Waals surface area (Å²) < 4.78 is 38.8. The summed E-state index contributed by atoms with van der Waals surface area (Å²) in [4.78, 5) is 12.2. The third-order valence-corrected chi connectivity index (χ3v) is 3.69. The molecule has 1 atom stereocenters. The summed E-state index contributed by atoms with van der Waals surface area (Å²) >= 11 is 0. The maximum atomic E-state index is 12.9. The number of carbonyl (C=O) groups excluding carboxylic acids is 1. The molecule has 25 heavy (non-hydrogen) atoms. The summed E-state index contributed by atoms with van der Waals surface area (Å²) in [5.41, 5.74) is 2.70. The van der Waals surface area contributed by atoms with Gasteiger partial charge in [0.25, 0.3) is 5.91 Å². The van der Waals surface area contributed by atoms with Crippen LogP contribution in [-0.4, -0.2) is 40.1 Å². The van der Waals surface area contributed by atoms with Crippen LogP contribution in [0.3, 0.4) is 0 Å². The van der Waals surface area contributed by atoms with E-state index in [-0.39, 0.29) is 24.4 Å². The Morgan fingerprint density at radius 3 is 2.84 bits per heavy atom. The molecule has 1 aliphatic heterocycles. The number of nitrogens with one attached hydrogen (secondary N) is 3. The van der Waals surface area contributed by atoms with Crippen LogP contribution in [-0.2, 0) is 11.0 Å². The van der Waals surface area contributed by atoms with Crippen molar-refractivity contribution in [2.24, 2.45) is 5.10 Å². The Morgan fingerprint density at radius 1 is 1.32 bits per heavy atom. The molecular formula is C15H14F3N5O2. The second-order valence-electron chi connectivity index (χ2n) is 5.34. The average molecular weight is 353 g/mol. The molecule has 0 aliphatic carbocycles. The molecule has 1 unspecified atom stereocenters. The lowest BCUT2D eigenvalue weighted by Gasteiger charge is -2.14. The number of aromatic amines is 1. The van der Waals surface area contributed by atoms with E-state index >= 15 is 0 Å². The molecule has 3 rings (SSSR count). The van der Waals surface area contributed by atoms with Gasteiger partial charge in [-0.05, 0) is 11.6 Å². The van der Waals surface area contributed by atoms with Crippen LogP contribution in [0.2, 0.25) is 0 Å². The van der Waals surface area contributed by atoms with E-state index in [1.165, 1.54) is 18.3 Å². The lowest BCUT2D eigenvalue weighted by molar-refractivity contribution is -0.137. The number of aliphatic hydroxyl groups is 1. The van der Waals surface area contributed by atoms with E-state index < -0.39 is 23.6 Å². The van der Waals surface area contributed by atoms with Crippen molar-refractivity contribution in [1.82, 2.24) is 15.6 Å². The van der Waals surface area contributed by atoms with E-state index in [0.29, 0.717) is 11.4 Å². The highest BCUT2D eigenvalue weighted by atomic mass is 19.4. The van der Waals surface area contributed by atoms with Crippen molar-refractivity contribution in [1.29, 1.82) is 0 Å². The topological polar surface area (TPSA) is 102 Å². The number of H-pyrrole nitrogens is 1. The van der Waals surface area contributed by atoms with Crippen molar-refractivity contribution < 1.29 is 23.1 Å². The van der Waals surface area contributed by atoms with Crippen LogP contribution in [0.25, 0.3) is 0 Å². The number of aromatic nitrogens is 2. The lowest BCUT2D eigenvalue weighted by atomic mass is 9.91. The molecule has 132 valence electrons. The monoisotopic (exact) mass is 353 g/mol. The minimum absolute atomic E-state index is 0.120. The molecule has 2 aromatic rings. The number of alkyl halides is 3. The number of halogens is 3. The number of anilines is 1. The Bertz CT molecular complexity index is 815. The fourth-order valence-electron chi connectivity index (χ4n) is 2.58. The SMILES string of the molecule is O=C1NN=C(c2[nH]ncc2NCCO)C1c1cccc(C(F)(F)F)c1. The number of benzene rings is 1. The Balaban J connectivity index is 1.97. The van der Waals surface area contributed by atoms with Crippen molar-refractivity contribution in [3.8, 4) is 0 Å². The van der Waals surface area contributed by atoms with Gasteiger partial charge in [0.15, 0.2) is 0 Å². The van der Waals surface area contributed by atoms with Gasteiger partial charge in [-0.15, -0.1) is 0 Å². The zero-order valence-electron chi connectivity index (χ0n) is 12.8. The molecule has 7 nitrogen and oxygen atoms in total. The lowest BCUT2D eigenvalue weighted by Crippen LogP contribution is -2.23. The molecule has 0 saturated heterocycles. The summed E-state index contributed by atoms with van der Waals surface area (Å²) in [6.45, 7) is 0.126. The van der Waals surface area contributed by atoms with Crippen LogP contribution in [0, 0.1) is 0 Å². The third kappa shape index (κ3) is 3.33. The van der Waals surface area contributed by atoms with Gasteiger partial charge < -0.3 is 10.4 Å². The molecule has 0 radical (unpaired) electrons. The largest absolute Gasteiger partial charge is 0.416 e.